The van der Waals surface area contributed by atoms with Gasteiger partial charge in [-0.05, 0) is 43.2 Å². The van der Waals surface area contributed by atoms with Crippen LogP contribution in [0.4, 0.5) is 11.5 Å². The summed E-state index contributed by atoms with van der Waals surface area (Å²) >= 11 is 0. The Morgan fingerprint density at radius 3 is 3.00 bits per heavy atom. The minimum absolute atomic E-state index is 0.578. The van der Waals surface area contributed by atoms with Crippen molar-refractivity contribution in [3.05, 3.63) is 48.5 Å². The molecular weight excluding hydrogens is 236 g/mol. The van der Waals surface area contributed by atoms with E-state index in [9.17, 15) is 0 Å². The van der Waals surface area contributed by atoms with Crippen LogP contribution in [0, 0.1) is 0 Å². The average Bonchev–Trinajstić information content (AvgIpc) is 3.18. The second-order valence-corrected chi connectivity index (χ2v) is 4.98. The van der Waals surface area contributed by atoms with Gasteiger partial charge in [0.05, 0.1) is 0 Å². The standard InChI is InChI=1S/C15H14N4/c1-2-10(1)15-17-8-6-14(19-15)18-12-3-4-13-11(9-12)5-7-16-13/h3-10,16H,1-2H2,(H,17,18,19). The van der Waals surface area contributed by atoms with Crippen molar-refractivity contribution in [1.82, 2.24) is 15.0 Å². The molecular formula is C15H14N4. The van der Waals surface area contributed by atoms with Gasteiger partial charge in [0.25, 0.3) is 0 Å². The van der Waals surface area contributed by atoms with E-state index < -0.39 is 0 Å². The summed E-state index contributed by atoms with van der Waals surface area (Å²) in [7, 11) is 0. The van der Waals surface area contributed by atoms with E-state index in [1.165, 1.54) is 18.2 Å². The van der Waals surface area contributed by atoms with Crippen molar-refractivity contribution in [3.8, 4) is 0 Å². The van der Waals surface area contributed by atoms with Gasteiger partial charge < -0.3 is 10.3 Å². The van der Waals surface area contributed by atoms with Crippen LogP contribution in [-0.4, -0.2) is 15.0 Å². The molecule has 0 radical (unpaired) electrons. The number of hydrogen-bond acceptors (Lipinski definition) is 3. The summed E-state index contributed by atoms with van der Waals surface area (Å²) in [6.45, 7) is 0. The van der Waals surface area contributed by atoms with Gasteiger partial charge in [-0.25, -0.2) is 9.97 Å². The van der Waals surface area contributed by atoms with Crippen molar-refractivity contribution in [1.29, 1.82) is 0 Å². The number of hydrogen-bond donors (Lipinski definition) is 2. The molecule has 0 spiro atoms. The number of nitrogens with one attached hydrogen (secondary N) is 2. The maximum atomic E-state index is 4.57. The van der Waals surface area contributed by atoms with E-state index in [-0.39, 0.29) is 0 Å². The predicted octanol–water partition coefficient (Wildman–Crippen LogP) is 3.58. The van der Waals surface area contributed by atoms with E-state index in [1.54, 1.807) is 0 Å². The average molecular weight is 250 g/mol. The van der Waals surface area contributed by atoms with Crippen LogP contribution in [0.1, 0.15) is 24.6 Å². The van der Waals surface area contributed by atoms with Crippen LogP contribution in [0.25, 0.3) is 10.9 Å². The molecule has 19 heavy (non-hydrogen) atoms. The zero-order valence-corrected chi connectivity index (χ0v) is 10.4. The molecule has 1 saturated carbocycles. The normalized spacial score (nSPS) is 14.7. The third-order valence-electron chi connectivity index (χ3n) is 3.44. The SMILES string of the molecule is c1cc(Nc2ccc3[nH]ccc3c2)nc(C2CC2)n1. The molecule has 0 amide bonds. The van der Waals surface area contributed by atoms with Gasteiger partial charge in [-0.15, -0.1) is 0 Å². The molecule has 4 rings (SSSR count). The van der Waals surface area contributed by atoms with Crippen LogP contribution in [-0.2, 0) is 0 Å². The zero-order chi connectivity index (χ0) is 12.7. The quantitative estimate of drug-likeness (QED) is 0.747. The molecule has 4 nitrogen and oxygen atoms in total. The molecule has 4 heteroatoms. The molecule has 0 saturated heterocycles. The first-order chi connectivity index (χ1) is 9.38. The number of anilines is 2. The van der Waals surface area contributed by atoms with Crippen molar-refractivity contribution in [2.75, 3.05) is 5.32 Å². The highest BCUT2D eigenvalue weighted by molar-refractivity contribution is 5.83. The van der Waals surface area contributed by atoms with E-state index in [1.807, 2.05) is 18.5 Å². The van der Waals surface area contributed by atoms with Crippen LogP contribution in [0.2, 0.25) is 0 Å². The molecule has 2 N–H and O–H groups in total. The van der Waals surface area contributed by atoms with E-state index in [0.717, 1.165) is 22.8 Å². The molecule has 1 fully saturated rings. The lowest BCUT2D eigenvalue weighted by atomic mass is 10.2. The van der Waals surface area contributed by atoms with E-state index >= 15 is 0 Å². The summed E-state index contributed by atoms with van der Waals surface area (Å²) in [6.07, 6.45) is 6.22. The maximum absolute atomic E-state index is 4.57. The summed E-state index contributed by atoms with van der Waals surface area (Å²) in [5.41, 5.74) is 2.19. The van der Waals surface area contributed by atoms with Crippen LogP contribution >= 0.6 is 0 Å². The molecule has 2 aromatic heterocycles. The molecule has 94 valence electrons. The van der Waals surface area contributed by atoms with Crippen LogP contribution in [0.5, 0.6) is 0 Å². The number of benzene rings is 1. The van der Waals surface area contributed by atoms with Gasteiger partial charge in [0, 0.05) is 34.9 Å². The molecule has 3 aromatic rings. The Kier molecular flexibility index (Phi) is 2.27. The fraction of sp³-hybridized carbons (Fsp3) is 0.200. The Morgan fingerprint density at radius 2 is 2.11 bits per heavy atom. The molecule has 0 atom stereocenters. The second-order valence-electron chi connectivity index (χ2n) is 4.98. The summed E-state index contributed by atoms with van der Waals surface area (Å²) in [5.74, 6) is 2.41. The van der Waals surface area contributed by atoms with Crippen molar-refractivity contribution < 1.29 is 0 Å². The fourth-order valence-electron chi connectivity index (χ4n) is 2.26. The molecule has 0 aliphatic heterocycles. The van der Waals surface area contributed by atoms with E-state index in [2.05, 4.69) is 44.5 Å². The van der Waals surface area contributed by atoms with Gasteiger partial charge in [0.15, 0.2) is 0 Å². The molecule has 1 aromatic carbocycles. The first-order valence-corrected chi connectivity index (χ1v) is 6.55. The first kappa shape index (κ1) is 10.6. The van der Waals surface area contributed by atoms with Gasteiger partial charge in [-0.2, -0.15) is 0 Å². The number of fused-ring (bicyclic) bond motifs is 1. The van der Waals surface area contributed by atoms with Crippen LogP contribution in [0.15, 0.2) is 42.7 Å². The Balaban J connectivity index is 1.64. The molecule has 1 aliphatic rings. The highest BCUT2D eigenvalue weighted by Gasteiger charge is 2.26. The van der Waals surface area contributed by atoms with Gasteiger partial charge >= 0.3 is 0 Å². The minimum Gasteiger partial charge on any atom is -0.361 e. The monoisotopic (exact) mass is 250 g/mol. The Hall–Kier alpha value is -2.36. The minimum atomic E-state index is 0.578. The number of rotatable bonds is 3. The van der Waals surface area contributed by atoms with Crippen molar-refractivity contribution in [3.63, 3.8) is 0 Å². The lowest BCUT2D eigenvalue weighted by molar-refractivity contribution is 0.930. The Morgan fingerprint density at radius 1 is 1.16 bits per heavy atom. The number of aromatic nitrogens is 3. The summed E-state index contributed by atoms with van der Waals surface area (Å²) in [4.78, 5) is 12.1. The number of H-pyrrole nitrogens is 1. The largest absolute Gasteiger partial charge is 0.361 e. The topological polar surface area (TPSA) is 53.6 Å². The Labute approximate surface area is 110 Å². The summed E-state index contributed by atoms with van der Waals surface area (Å²) < 4.78 is 0. The summed E-state index contributed by atoms with van der Waals surface area (Å²) in [6, 6.07) is 10.2. The van der Waals surface area contributed by atoms with E-state index in [4.69, 9.17) is 0 Å². The number of nitrogens with zero attached hydrogens (tertiary/aromatic N) is 2. The van der Waals surface area contributed by atoms with Gasteiger partial charge in [-0.3, -0.25) is 0 Å². The highest BCUT2D eigenvalue weighted by Crippen LogP contribution is 2.38. The van der Waals surface area contributed by atoms with Crippen molar-refractivity contribution in [2.24, 2.45) is 0 Å². The first-order valence-electron chi connectivity index (χ1n) is 6.55. The van der Waals surface area contributed by atoms with Crippen molar-refractivity contribution >= 4 is 22.4 Å². The molecule has 0 bridgehead atoms. The Bertz CT molecular complexity index is 728. The highest BCUT2D eigenvalue weighted by atomic mass is 15.0. The van der Waals surface area contributed by atoms with Crippen LogP contribution in [0.3, 0.4) is 0 Å². The van der Waals surface area contributed by atoms with Crippen molar-refractivity contribution in [2.45, 2.75) is 18.8 Å². The molecule has 2 heterocycles. The van der Waals surface area contributed by atoms with E-state index in [0.29, 0.717) is 5.92 Å². The fourth-order valence-corrected chi connectivity index (χ4v) is 2.26. The molecule has 0 unspecified atom stereocenters. The van der Waals surface area contributed by atoms with Gasteiger partial charge in [0.2, 0.25) is 0 Å². The lowest BCUT2D eigenvalue weighted by Crippen LogP contribution is -1.98. The predicted molar refractivity (Wildman–Crippen MR) is 75.6 cm³/mol. The lowest BCUT2D eigenvalue weighted by Gasteiger charge is -2.06. The smallest absolute Gasteiger partial charge is 0.134 e. The summed E-state index contributed by atoms with van der Waals surface area (Å²) in [5, 5.41) is 4.54. The van der Waals surface area contributed by atoms with Crippen LogP contribution < -0.4 is 5.32 Å². The third-order valence-corrected chi connectivity index (χ3v) is 3.44. The van der Waals surface area contributed by atoms with Gasteiger partial charge in [-0.1, -0.05) is 0 Å². The number of aromatic amines is 1. The van der Waals surface area contributed by atoms with Gasteiger partial charge in [0.1, 0.15) is 11.6 Å². The third kappa shape index (κ3) is 2.05. The second kappa shape index (κ2) is 4.09. The molecule has 1 aliphatic carbocycles. The zero-order valence-electron chi connectivity index (χ0n) is 10.4. The maximum Gasteiger partial charge on any atom is 0.134 e.